The summed E-state index contributed by atoms with van der Waals surface area (Å²) in [5, 5.41) is 5.34. The highest BCUT2D eigenvalue weighted by Crippen LogP contribution is 2.34. The summed E-state index contributed by atoms with van der Waals surface area (Å²) in [7, 11) is -3.85. The molecule has 3 aromatic heterocycles. The van der Waals surface area contributed by atoms with E-state index in [1.807, 2.05) is 35.6 Å². The first kappa shape index (κ1) is 19.6. The van der Waals surface area contributed by atoms with Crippen molar-refractivity contribution >= 4 is 37.6 Å². The third-order valence-corrected chi connectivity index (χ3v) is 7.54. The first-order valence-electron chi connectivity index (χ1n) is 10.3. The average molecular weight is 457 g/mol. The Kier molecular flexibility index (Phi) is 4.15. The second-order valence-electron chi connectivity index (χ2n) is 7.80. The Labute approximate surface area is 188 Å². The van der Waals surface area contributed by atoms with Crippen LogP contribution in [0.15, 0.2) is 94.7 Å². The molecule has 6 aromatic rings. The van der Waals surface area contributed by atoms with Crippen molar-refractivity contribution in [3.05, 3.63) is 96.4 Å². The van der Waals surface area contributed by atoms with Crippen molar-refractivity contribution in [3.8, 4) is 5.69 Å². The summed E-state index contributed by atoms with van der Waals surface area (Å²) in [6.45, 7) is 1.83. The van der Waals surface area contributed by atoms with Crippen LogP contribution in [0.3, 0.4) is 0 Å². The maximum atomic E-state index is 13.7. The van der Waals surface area contributed by atoms with Gasteiger partial charge in [-0.15, -0.1) is 0 Å². The van der Waals surface area contributed by atoms with Gasteiger partial charge in [0, 0.05) is 5.39 Å². The Morgan fingerprint density at radius 3 is 2.33 bits per heavy atom. The number of benzene rings is 3. The highest BCUT2D eigenvalue weighted by molar-refractivity contribution is 7.91. The molecule has 0 aliphatic carbocycles. The van der Waals surface area contributed by atoms with Gasteiger partial charge in [-0.3, -0.25) is 4.40 Å². The van der Waals surface area contributed by atoms with E-state index in [0.717, 1.165) is 5.52 Å². The van der Waals surface area contributed by atoms with Gasteiger partial charge < -0.3 is 0 Å². The number of hydrogen-bond acceptors (Lipinski definition) is 4. The summed E-state index contributed by atoms with van der Waals surface area (Å²) in [6, 6.07) is 23.5. The number of para-hydroxylation sites is 2. The molecule has 0 aliphatic heterocycles. The third kappa shape index (κ3) is 2.87. The fourth-order valence-electron chi connectivity index (χ4n) is 4.20. The minimum absolute atomic E-state index is 0.110. The van der Waals surface area contributed by atoms with Gasteiger partial charge in [-0.25, -0.2) is 22.5 Å². The first-order chi connectivity index (χ1) is 15.9. The maximum absolute atomic E-state index is 13.7. The smallest absolute Gasteiger partial charge is 0.210 e. The van der Waals surface area contributed by atoms with E-state index in [4.69, 9.17) is 4.98 Å². The van der Waals surface area contributed by atoms with E-state index in [1.165, 1.54) is 12.1 Å². The predicted molar refractivity (Wildman–Crippen MR) is 124 cm³/mol. The van der Waals surface area contributed by atoms with Gasteiger partial charge in [-0.2, -0.15) is 5.10 Å². The van der Waals surface area contributed by atoms with E-state index in [-0.39, 0.29) is 15.6 Å². The van der Waals surface area contributed by atoms with Crippen LogP contribution < -0.4 is 0 Å². The van der Waals surface area contributed by atoms with E-state index in [2.05, 4.69) is 5.10 Å². The van der Waals surface area contributed by atoms with Gasteiger partial charge in [0.2, 0.25) is 9.84 Å². The molecule has 0 aliphatic rings. The van der Waals surface area contributed by atoms with Crippen LogP contribution in [0.1, 0.15) is 5.69 Å². The Balaban J connectivity index is 1.80. The summed E-state index contributed by atoms with van der Waals surface area (Å²) >= 11 is 0. The van der Waals surface area contributed by atoms with Crippen LogP contribution in [0, 0.1) is 12.7 Å². The van der Waals surface area contributed by atoms with Crippen molar-refractivity contribution in [1.82, 2.24) is 19.2 Å². The van der Waals surface area contributed by atoms with Crippen LogP contribution >= 0.6 is 0 Å². The number of aryl methyl sites for hydroxylation is 1. The van der Waals surface area contributed by atoms with Crippen LogP contribution in [-0.4, -0.2) is 27.6 Å². The zero-order valence-electron chi connectivity index (χ0n) is 17.5. The molecule has 0 fully saturated rings. The molecule has 3 aromatic carbocycles. The molecule has 0 N–H and O–H groups in total. The summed E-state index contributed by atoms with van der Waals surface area (Å²) in [5.74, 6) is -0.346. The Morgan fingerprint density at radius 1 is 0.879 bits per heavy atom. The number of fused-ring (bicyclic) bond motifs is 5. The number of halogens is 1. The lowest BCUT2D eigenvalue weighted by Gasteiger charge is -2.10. The second-order valence-corrected chi connectivity index (χ2v) is 9.71. The van der Waals surface area contributed by atoms with Gasteiger partial charge >= 0.3 is 0 Å². The SMILES string of the molecule is Cc1nn(-c2ccc(F)cc2)c2c1cc(S(=O)(=O)c1ccccc1)c1nc3ccccc3n12. The molecule has 0 saturated heterocycles. The minimum atomic E-state index is -3.85. The van der Waals surface area contributed by atoms with Crippen LogP contribution in [0.4, 0.5) is 4.39 Å². The number of hydrogen-bond donors (Lipinski definition) is 0. The molecule has 162 valence electrons. The number of rotatable bonds is 3. The molecule has 0 amide bonds. The molecule has 0 spiro atoms. The summed E-state index contributed by atoms with van der Waals surface area (Å²) in [4.78, 5) is 5.00. The Morgan fingerprint density at radius 2 is 1.58 bits per heavy atom. The fraction of sp³-hybridized carbons (Fsp3) is 0.0400. The van der Waals surface area contributed by atoms with Gasteiger partial charge in [-0.05, 0) is 61.5 Å². The van der Waals surface area contributed by atoms with Crippen LogP contribution in [0.25, 0.3) is 33.4 Å². The van der Waals surface area contributed by atoms with E-state index >= 15 is 0 Å². The molecule has 0 bridgehead atoms. The van der Waals surface area contributed by atoms with Crippen LogP contribution in [0.5, 0.6) is 0 Å². The van der Waals surface area contributed by atoms with Gasteiger partial charge in [-0.1, -0.05) is 30.3 Å². The van der Waals surface area contributed by atoms with Gasteiger partial charge in [0.1, 0.15) is 16.4 Å². The lowest BCUT2D eigenvalue weighted by Crippen LogP contribution is -2.07. The zero-order valence-corrected chi connectivity index (χ0v) is 18.3. The Hall–Kier alpha value is -4.04. The topological polar surface area (TPSA) is 69.3 Å². The van der Waals surface area contributed by atoms with Crippen molar-refractivity contribution in [3.63, 3.8) is 0 Å². The zero-order chi connectivity index (χ0) is 22.7. The molecule has 6 nitrogen and oxygen atoms in total. The molecule has 3 heterocycles. The molecule has 0 radical (unpaired) electrons. The first-order valence-corrected chi connectivity index (χ1v) is 11.8. The Bertz CT molecular complexity index is 1790. The third-order valence-electron chi connectivity index (χ3n) is 5.76. The molecule has 0 unspecified atom stereocenters. The number of nitrogens with zero attached hydrogens (tertiary/aromatic N) is 4. The van der Waals surface area contributed by atoms with Crippen molar-refractivity contribution < 1.29 is 12.8 Å². The lowest BCUT2D eigenvalue weighted by molar-refractivity contribution is 0.596. The largest absolute Gasteiger partial charge is 0.275 e. The standard InChI is InChI=1S/C25H17FN4O2S/c1-16-20-15-23(33(31,32)19-7-3-2-4-8-19)24-27-21-9-5-6-10-22(21)29(24)25(20)30(28-16)18-13-11-17(26)12-14-18/h2-15H,1H3. The summed E-state index contributed by atoms with van der Waals surface area (Å²) in [5.41, 5.74) is 3.71. The monoisotopic (exact) mass is 456 g/mol. The normalized spacial score (nSPS) is 12.2. The van der Waals surface area contributed by atoms with Gasteiger partial charge in [0.15, 0.2) is 5.65 Å². The fourth-order valence-corrected chi connectivity index (χ4v) is 5.62. The van der Waals surface area contributed by atoms with E-state index in [0.29, 0.717) is 33.6 Å². The van der Waals surface area contributed by atoms with Crippen molar-refractivity contribution in [2.24, 2.45) is 0 Å². The quantitative estimate of drug-likeness (QED) is 0.371. The summed E-state index contributed by atoms with van der Waals surface area (Å²) in [6.07, 6.45) is 0. The number of aromatic nitrogens is 4. The van der Waals surface area contributed by atoms with Crippen LogP contribution in [-0.2, 0) is 9.84 Å². The van der Waals surface area contributed by atoms with Gasteiger partial charge in [0.25, 0.3) is 0 Å². The average Bonchev–Trinajstić information content (AvgIpc) is 3.37. The number of imidazole rings is 1. The van der Waals surface area contributed by atoms with E-state index in [9.17, 15) is 12.8 Å². The molecule has 0 atom stereocenters. The van der Waals surface area contributed by atoms with Crippen molar-refractivity contribution in [2.75, 3.05) is 0 Å². The number of sulfone groups is 1. The second kappa shape index (κ2) is 6.98. The van der Waals surface area contributed by atoms with Crippen molar-refractivity contribution in [2.45, 2.75) is 16.7 Å². The lowest BCUT2D eigenvalue weighted by atomic mass is 10.2. The van der Waals surface area contributed by atoms with Crippen LogP contribution in [0.2, 0.25) is 0 Å². The molecular formula is C25H17FN4O2S. The van der Waals surface area contributed by atoms with E-state index in [1.54, 1.807) is 53.2 Å². The summed E-state index contributed by atoms with van der Waals surface area (Å²) < 4.78 is 44.4. The molecular weight excluding hydrogens is 439 g/mol. The highest BCUT2D eigenvalue weighted by Gasteiger charge is 2.27. The molecule has 33 heavy (non-hydrogen) atoms. The predicted octanol–water partition coefficient (Wildman–Crippen LogP) is 5.11. The van der Waals surface area contributed by atoms with E-state index < -0.39 is 9.84 Å². The van der Waals surface area contributed by atoms with Gasteiger partial charge in [0.05, 0.1) is 27.3 Å². The van der Waals surface area contributed by atoms with Crippen molar-refractivity contribution in [1.29, 1.82) is 0 Å². The molecule has 0 saturated carbocycles. The highest BCUT2D eigenvalue weighted by atomic mass is 32.2. The molecule has 6 rings (SSSR count). The maximum Gasteiger partial charge on any atom is 0.210 e. The number of pyridine rings is 1. The molecule has 8 heteroatoms. The minimum Gasteiger partial charge on any atom is -0.275 e.